The SMILES string of the molecule is O=C(O)[C@@H]1CCCCN1C(=O)NC(COS(=O)(=O)O)Cc1ccccc1. The highest BCUT2D eigenvalue weighted by Crippen LogP contribution is 2.17. The van der Waals surface area contributed by atoms with Crippen LogP contribution < -0.4 is 5.32 Å². The summed E-state index contributed by atoms with van der Waals surface area (Å²) in [4.78, 5) is 25.1. The number of nitrogens with one attached hydrogen (secondary N) is 1. The Morgan fingerprint density at radius 3 is 2.58 bits per heavy atom. The minimum Gasteiger partial charge on any atom is -0.480 e. The van der Waals surface area contributed by atoms with Crippen LogP contribution in [0.15, 0.2) is 30.3 Å². The number of aliphatic carboxylic acids is 1. The van der Waals surface area contributed by atoms with Gasteiger partial charge in [0, 0.05) is 6.54 Å². The second kappa shape index (κ2) is 8.97. The number of hydrogen-bond donors (Lipinski definition) is 3. The molecule has 0 radical (unpaired) electrons. The molecule has 1 saturated heterocycles. The smallest absolute Gasteiger partial charge is 0.397 e. The Bertz CT molecular complexity index is 723. The monoisotopic (exact) mass is 386 g/mol. The fourth-order valence-corrected chi connectivity index (χ4v) is 3.24. The highest BCUT2D eigenvalue weighted by molar-refractivity contribution is 7.80. The zero-order chi connectivity index (χ0) is 19.2. The molecule has 1 aromatic rings. The van der Waals surface area contributed by atoms with Gasteiger partial charge in [0.25, 0.3) is 0 Å². The topological polar surface area (TPSA) is 133 Å². The molecule has 0 saturated carbocycles. The van der Waals surface area contributed by atoms with Crippen molar-refractivity contribution in [2.75, 3.05) is 13.2 Å². The van der Waals surface area contributed by atoms with E-state index in [0.717, 1.165) is 12.0 Å². The number of hydrogen-bond acceptors (Lipinski definition) is 5. The van der Waals surface area contributed by atoms with E-state index in [-0.39, 0.29) is 6.42 Å². The van der Waals surface area contributed by atoms with Crippen LogP contribution in [0.2, 0.25) is 0 Å². The van der Waals surface area contributed by atoms with Crippen molar-refractivity contribution in [3.63, 3.8) is 0 Å². The minimum absolute atomic E-state index is 0.258. The maximum Gasteiger partial charge on any atom is 0.397 e. The molecule has 1 aromatic carbocycles. The normalized spacial score (nSPS) is 19.0. The van der Waals surface area contributed by atoms with Crippen molar-refractivity contribution in [3.8, 4) is 0 Å². The summed E-state index contributed by atoms with van der Waals surface area (Å²) in [6.45, 7) is -0.162. The van der Waals surface area contributed by atoms with E-state index in [4.69, 9.17) is 4.55 Å². The first-order valence-electron chi connectivity index (χ1n) is 8.22. The highest BCUT2D eigenvalue weighted by Gasteiger charge is 2.33. The molecule has 2 atom stereocenters. The first-order chi connectivity index (χ1) is 12.3. The second-order valence-electron chi connectivity index (χ2n) is 6.09. The first kappa shape index (κ1) is 20.1. The van der Waals surface area contributed by atoms with Crippen molar-refractivity contribution in [3.05, 3.63) is 35.9 Å². The van der Waals surface area contributed by atoms with Crippen LogP contribution in [0, 0.1) is 0 Å². The summed E-state index contributed by atoms with van der Waals surface area (Å²) >= 11 is 0. The molecule has 3 N–H and O–H groups in total. The second-order valence-corrected chi connectivity index (χ2v) is 7.18. The molecule has 2 amide bonds. The molecule has 2 rings (SSSR count). The number of benzene rings is 1. The average Bonchev–Trinajstić information content (AvgIpc) is 2.60. The van der Waals surface area contributed by atoms with Crippen LogP contribution in [0.1, 0.15) is 24.8 Å². The van der Waals surface area contributed by atoms with Gasteiger partial charge in [-0.2, -0.15) is 8.42 Å². The van der Waals surface area contributed by atoms with Crippen LogP contribution in [-0.2, 0) is 25.8 Å². The lowest BCUT2D eigenvalue weighted by molar-refractivity contribution is -0.143. The number of nitrogens with zero attached hydrogens (tertiary/aromatic N) is 1. The number of piperidine rings is 1. The summed E-state index contributed by atoms with van der Waals surface area (Å²) in [7, 11) is -4.66. The van der Waals surface area contributed by atoms with Gasteiger partial charge in [0.1, 0.15) is 6.04 Å². The molecule has 1 aliphatic heterocycles. The summed E-state index contributed by atoms with van der Waals surface area (Å²) < 4.78 is 34.9. The minimum atomic E-state index is -4.66. The largest absolute Gasteiger partial charge is 0.480 e. The predicted octanol–water partition coefficient (Wildman–Crippen LogP) is 1.07. The molecule has 1 fully saturated rings. The van der Waals surface area contributed by atoms with E-state index in [0.29, 0.717) is 19.4 Å². The fourth-order valence-electron chi connectivity index (χ4n) is 2.91. The van der Waals surface area contributed by atoms with Gasteiger partial charge < -0.3 is 15.3 Å². The lowest BCUT2D eigenvalue weighted by Crippen LogP contribution is -2.55. The summed E-state index contributed by atoms with van der Waals surface area (Å²) in [5.41, 5.74) is 0.824. The van der Waals surface area contributed by atoms with Crippen LogP contribution in [0.4, 0.5) is 4.79 Å². The van der Waals surface area contributed by atoms with E-state index in [1.54, 1.807) is 24.3 Å². The molecule has 0 aromatic heterocycles. The first-order valence-corrected chi connectivity index (χ1v) is 9.58. The standard InChI is InChI=1S/C16H22N2O7S/c19-15(20)14-8-4-5-9-18(14)16(21)17-13(11-25-26(22,23)24)10-12-6-2-1-3-7-12/h1-3,6-7,13-14H,4-5,8-11H2,(H,17,21)(H,19,20)(H,22,23,24)/t13?,14-/m0/s1. The van der Waals surface area contributed by atoms with Gasteiger partial charge in [0.2, 0.25) is 0 Å². The summed E-state index contributed by atoms with van der Waals surface area (Å²) in [5.74, 6) is -1.08. The molecule has 1 unspecified atom stereocenters. The Kier molecular flexibility index (Phi) is 6.95. The number of carboxylic acid groups (broad SMARTS) is 1. The highest BCUT2D eigenvalue weighted by atomic mass is 32.3. The number of rotatable bonds is 7. The molecular weight excluding hydrogens is 364 g/mol. The summed E-state index contributed by atoms with van der Waals surface area (Å²) in [6.07, 6.45) is 2.05. The predicted molar refractivity (Wildman–Crippen MR) is 91.9 cm³/mol. The third kappa shape index (κ3) is 6.28. The van der Waals surface area contributed by atoms with E-state index < -0.39 is 41.1 Å². The van der Waals surface area contributed by atoms with Gasteiger partial charge in [-0.3, -0.25) is 4.55 Å². The molecule has 144 valence electrons. The van der Waals surface area contributed by atoms with Crippen molar-refractivity contribution >= 4 is 22.4 Å². The number of carbonyl (C=O) groups is 2. The molecule has 9 nitrogen and oxygen atoms in total. The van der Waals surface area contributed by atoms with Gasteiger partial charge in [-0.1, -0.05) is 30.3 Å². The maximum absolute atomic E-state index is 12.5. The van der Waals surface area contributed by atoms with Gasteiger partial charge in [0.05, 0.1) is 12.6 Å². The van der Waals surface area contributed by atoms with Crippen molar-refractivity contribution in [2.24, 2.45) is 0 Å². The fraction of sp³-hybridized carbons (Fsp3) is 0.500. The van der Waals surface area contributed by atoms with Gasteiger partial charge >= 0.3 is 22.4 Å². The zero-order valence-electron chi connectivity index (χ0n) is 14.1. The van der Waals surface area contributed by atoms with Crippen LogP contribution in [0.25, 0.3) is 0 Å². The Morgan fingerprint density at radius 2 is 1.96 bits per heavy atom. The Morgan fingerprint density at radius 1 is 1.27 bits per heavy atom. The number of carboxylic acids is 1. The Labute approximate surface area is 151 Å². The molecular formula is C16H22N2O7S. The molecule has 26 heavy (non-hydrogen) atoms. The van der Waals surface area contributed by atoms with E-state index in [9.17, 15) is 23.1 Å². The van der Waals surface area contributed by atoms with Gasteiger partial charge in [0.15, 0.2) is 0 Å². The molecule has 1 aliphatic rings. The lowest BCUT2D eigenvalue weighted by Gasteiger charge is -2.34. The third-order valence-corrected chi connectivity index (χ3v) is 4.55. The van der Waals surface area contributed by atoms with Crippen LogP contribution >= 0.6 is 0 Å². The van der Waals surface area contributed by atoms with E-state index in [1.807, 2.05) is 6.07 Å². The number of amides is 2. The van der Waals surface area contributed by atoms with Crippen molar-refractivity contribution < 1.29 is 31.8 Å². The number of likely N-dealkylation sites (tertiary alicyclic amines) is 1. The maximum atomic E-state index is 12.5. The Hall–Kier alpha value is -2.17. The lowest BCUT2D eigenvalue weighted by atomic mass is 10.0. The zero-order valence-corrected chi connectivity index (χ0v) is 14.9. The molecule has 0 aliphatic carbocycles. The van der Waals surface area contributed by atoms with Crippen molar-refractivity contribution in [2.45, 2.75) is 37.8 Å². The van der Waals surface area contributed by atoms with Crippen molar-refractivity contribution in [1.29, 1.82) is 0 Å². The van der Waals surface area contributed by atoms with Gasteiger partial charge in [-0.25, -0.2) is 13.8 Å². The number of carbonyl (C=O) groups excluding carboxylic acids is 1. The summed E-state index contributed by atoms with van der Waals surface area (Å²) in [5, 5.41) is 11.9. The van der Waals surface area contributed by atoms with Gasteiger partial charge in [-0.05, 0) is 31.2 Å². The average molecular weight is 386 g/mol. The van der Waals surface area contributed by atoms with E-state index in [1.165, 1.54) is 4.90 Å². The number of urea groups is 1. The quantitative estimate of drug-likeness (QED) is 0.597. The van der Waals surface area contributed by atoms with Crippen molar-refractivity contribution in [1.82, 2.24) is 10.2 Å². The summed E-state index contributed by atoms with van der Waals surface area (Å²) in [6, 6.07) is 6.73. The third-order valence-electron chi connectivity index (χ3n) is 4.12. The molecule has 1 heterocycles. The van der Waals surface area contributed by atoms with E-state index in [2.05, 4.69) is 9.50 Å². The van der Waals surface area contributed by atoms with Gasteiger partial charge in [-0.15, -0.1) is 0 Å². The van der Waals surface area contributed by atoms with Crippen LogP contribution in [0.5, 0.6) is 0 Å². The van der Waals surface area contributed by atoms with Crippen LogP contribution in [-0.4, -0.2) is 60.2 Å². The van der Waals surface area contributed by atoms with Crippen LogP contribution in [0.3, 0.4) is 0 Å². The Balaban J connectivity index is 2.08. The van der Waals surface area contributed by atoms with E-state index >= 15 is 0 Å². The molecule has 10 heteroatoms. The molecule has 0 spiro atoms. The molecule has 0 bridgehead atoms.